The van der Waals surface area contributed by atoms with Crippen LogP contribution in [0.3, 0.4) is 0 Å². The summed E-state index contributed by atoms with van der Waals surface area (Å²) >= 11 is 0. The molecule has 0 saturated carbocycles. The number of hydrogen-bond donors (Lipinski definition) is 1. The summed E-state index contributed by atoms with van der Waals surface area (Å²) in [5, 5.41) is 2.91. The first kappa shape index (κ1) is 16.2. The minimum Gasteiger partial charge on any atom is -0.352 e. The Balaban J connectivity index is 1.54. The van der Waals surface area contributed by atoms with E-state index in [1.807, 2.05) is 24.3 Å². The van der Waals surface area contributed by atoms with Crippen molar-refractivity contribution in [2.75, 3.05) is 18.0 Å². The van der Waals surface area contributed by atoms with Crippen molar-refractivity contribution in [3.8, 4) is 0 Å². The molecule has 0 spiro atoms. The van der Waals surface area contributed by atoms with Crippen molar-refractivity contribution in [2.45, 2.75) is 25.7 Å². The quantitative estimate of drug-likeness (QED) is 0.920. The molecular formula is C19H21N3O2. The lowest BCUT2D eigenvalue weighted by Crippen LogP contribution is -2.35. The first-order valence-electron chi connectivity index (χ1n) is 8.31. The van der Waals surface area contributed by atoms with Crippen molar-refractivity contribution >= 4 is 17.5 Å². The van der Waals surface area contributed by atoms with Gasteiger partial charge >= 0.3 is 0 Å². The third-order valence-electron chi connectivity index (χ3n) is 4.19. The highest BCUT2D eigenvalue weighted by Crippen LogP contribution is 2.21. The molecule has 124 valence electrons. The number of pyridine rings is 1. The summed E-state index contributed by atoms with van der Waals surface area (Å²) in [6, 6.07) is 11.1. The maximum atomic E-state index is 12.2. The highest BCUT2D eigenvalue weighted by molar-refractivity contribution is 5.96. The van der Waals surface area contributed by atoms with Crippen molar-refractivity contribution in [3.05, 3.63) is 59.9 Å². The van der Waals surface area contributed by atoms with Crippen LogP contribution in [-0.2, 0) is 11.2 Å². The van der Waals surface area contributed by atoms with E-state index in [-0.39, 0.29) is 11.8 Å². The SMILES string of the molecule is O=C(NCCc1cccnc1)c1ccc(N2CCCCC2=O)cc1. The Morgan fingerprint density at radius 1 is 1.17 bits per heavy atom. The number of anilines is 1. The van der Waals surface area contributed by atoms with E-state index in [4.69, 9.17) is 0 Å². The molecule has 3 rings (SSSR count). The Labute approximate surface area is 141 Å². The van der Waals surface area contributed by atoms with E-state index in [1.54, 1.807) is 29.4 Å². The van der Waals surface area contributed by atoms with Gasteiger partial charge in [-0.1, -0.05) is 6.07 Å². The monoisotopic (exact) mass is 323 g/mol. The number of nitrogens with zero attached hydrogens (tertiary/aromatic N) is 2. The molecule has 1 fully saturated rings. The van der Waals surface area contributed by atoms with Crippen LogP contribution in [0.1, 0.15) is 35.2 Å². The number of aromatic nitrogens is 1. The molecule has 2 amide bonds. The maximum Gasteiger partial charge on any atom is 0.251 e. The molecule has 1 aromatic heterocycles. The fraction of sp³-hybridized carbons (Fsp3) is 0.316. The summed E-state index contributed by atoms with van der Waals surface area (Å²) in [6.45, 7) is 1.33. The molecule has 5 nitrogen and oxygen atoms in total. The van der Waals surface area contributed by atoms with E-state index in [0.29, 0.717) is 18.5 Å². The normalized spacial score (nSPS) is 14.5. The lowest BCUT2D eigenvalue weighted by Gasteiger charge is -2.26. The molecule has 0 aliphatic carbocycles. The predicted octanol–water partition coefficient (Wildman–Crippen LogP) is 2.57. The van der Waals surface area contributed by atoms with Crippen LogP contribution < -0.4 is 10.2 Å². The molecule has 24 heavy (non-hydrogen) atoms. The number of carbonyl (C=O) groups is 2. The smallest absolute Gasteiger partial charge is 0.251 e. The number of carbonyl (C=O) groups excluding carboxylic acids is 2. The average Bonchev–Trinajstić information content (AvgIpc) is 2.63. The lowest BCUT2D eigenvalue weighted by atomic mass is 10.1. The third-order valence-corrected chi connectivity index (χ3v) is 4.19. The van der Waals surface area contributed by atoms with Gasteiger partial charge in [-0.2, -0.15) is 0 Å². The second-order valence-electron chi connectivity index (χ2n) is 5.92. The molecule has 0 unspecified atom stereocenters. The third kappa shape index (κ3) is 3.98. The van der Waals surface area contributed by atoms with Gasteiger partial charge in [0.05, 0.1) is 0 Å². The van der Waals surface area contributed by atoms with E-state index in [0.717, 1.165) is 37.1 Å². The van der Waals surface area contributed by atoms with Crippen LogP contribution in [0, 0.1) is 0 Å². The van der Waals surface area contributed by atoms with E-state index in [9.17, 15) is 9.59 Å². The Morgan fingerprint density at radius 3 is 2.71 bits per heavy atom. The maximum absolute atomic E-state index is 12.2. The Kier molecular flexibility index (Phi) is 5.21. The van der Waals surface area contributed by atoms with Crippen molar-refractivity contribution < 1.29 is 9.59 Å². The van der Waals surface area contributed by atoms with Crippen molar-refractivity contribution in [1.82, 2.24) is 10.3 Å². The van der Waals surface area contributed by atoms with Crippen LogP contribution >= 0.6 is 0 Å². The van der Waals surface area contributed by atoms with Crippen molar-refractivity contribution in [3.63, 3.8) is 0 Å². The number of amides is 2. The minimum absolute atomic E-state index is 0.101. The highest BCUT2D eigenvalue weighted by atomic mass is 16.2. The fourth-order valence-corrected chi connectivity index (χ4v) is 2.84. The van der Waals surface area contributed by atoms with Gasteiger partial charge in [-0.3, -0.25) is 14.6 Å². The molecule has 1 aliphatic rings. The zero-order valence-electron chi connectivity index (χ0n) is 13.6. The topological polar surface area (TPSA) is 62.3 Å². The Morgan fingerprint density at radius 2 is 2.00 bits per heavy atom. The first-order valence-corrected chi connectivity index (χ1v) is 8.31. The van der Waals surface area contributed by atoms with Crippen molar-refractivity contribution in [1.29, 1.82) is 0 Å². The number of benzene rings is 1. The summed E-state index contributed by atoms with van der Waals surface area (Å²) in [6.07, 6.45) is 6.89. The molecule has 2 aromatic rings. The van der Waals surface area contributed by atoms with E-state index in [1.165, 1.54) is 0 Å². The van der Waals surface area contributed by atoms with E-state index in [2.05, 4.69) is 10.3 Å². The Hall–Kier alpha value is -2.69. The average molecular weight is 323 g/mol. The predicted molar refractivity (Wildman–Crippen MR) is 92.9 cm³/mol. The van der Waals surface area contributed by atoms with Crippen LogP contribution in [0.2, 0.25) is 0 Å². The zero-order valence-corrected chi connectivity index (χ0v) is 13.6. The summed E-state index contributed by atoms with van der Waals surface area (Å²) in [7, 11) is 0. The lowest BCUT2D eigenvalue weighted by molar-refractivity contribution is -0.119. The van der Waals surface area contributed by atoms with Gasteiger partial charge in [0.2, 0.25) is 5.91 Å². The molecule has 0 radical (unpaired) electrons. The molecule has 1 aliphatic heterocycles. The summed E-state index contributed by atoms with van der Waals surface area (Å²) in [5.41, 5.74) is 2.57. The zero-order chi connectivity index (χ0) is 16.8. The molecule has 2 heterocycles. The largest absolute Gasteiger partial charge is 0.352 e. The fourth-order valence-electron chi connectivity index (χ4n) is 2.84. The van der Waals surface area contributed by atoms with Gasteiger partial charge in [-0.05, 0) is 55.2 Å². The summed E-state index contributed by atoms with van der Waals surface area (Å²) in [5.74, 6) is 0.0605. The van der Waals surface area contributed by atoms with Gasteiger partial charge < -0.3 is 10.2 Å². The van der Waals surface area contributed by atoms with Gasteiger partial charge in [0.25, 0.3) is 5.91 Å². The van der Waals surface area contributed by atoms with Crippen LogP contribution in [0.5, 0.6) is 0 Å². The molecule has 1 aromatic carbocycles. The highest BCUT2D eigenvalue weighted by Gasteiger charge is 2.19. The number of hydrogen-bond acceptors (Lipinski definition) is 3. The van der Waals surface area contributed by atoms with Crippen molar-refractivity contribution in [2.24, 2.45) is 0 Å². The van der Waals surface area contributed by atoms with Crippen LogP contribution in [-0.4, -0.2) is 29.9 Å². The molecule has 5 heteroatoms. The molecule has 1 N–H and O–H groups in total. The molecular weight excluding hydrogens is 302 g/mol. The molecule has 1 saturated heterocycles. The Bertz CT molecular complexity index is 698. The van der Waals surface area contributed by atoms with E-state index < -0.39 is 0 Å². The molecule has 0 atom stereocenters. The van der Waals surface area contributed by atoms with Gasteiger partial charge in [-0.15, -0.1) is 0 Å². The standard InChI is InChI=1S/C19H21N3O2/c23-18-5-1-2-13-22(18)17-8-6-16(7-9-17)19(24)21-12-10-15-4-3-11-20-14-15/h3-4,6-9,11,14H,1-2,5,10,12-13H2,(H,21,24). The van der Waals surface area contributed by atoms with Gasteiger partial charge in [0.1, 0.15) is 0 Å². The second-order valence-corrected chi connectivity index (χ2v) is 5.92. The van der Waals surface area contributed by atoms with Gasteiger partial charge in [0.15, 0.2) is 0 Å². The second kappa shape index (κ2) is 7.73. The van der Waals surface area contributed by atoms with Gasteiger partial charge in [-0.25, -0.2) is 0 Å². The minimum atomic E-state index is -0.101. The van der Waals surface area contributed by atoms with E-state index >= 15 is 0 Å². The summed E-state index contributed by atoms with van der Waals surface area (Å²) in [4.78, 5) is 30.0. The summed E-state index contributed by atoms with van der Waals surface area (Å²) < 4.78 is 0. The number of nitrogens with one attached hydrogen (secondary N) is 1. The van der Waals surface area contributed by atoms with Crippen LogP contribution in [0.15, 0.2) is 48.8 Å². The van der Waals surface area contributed by atoms with Crippen LogP contribution in [0.25, 0.3) is 0 Å². The number of rotatable bonds is 5. The van der Waals surface area contributed by atoms with Gasteiger partial charge in [0, 0.05) is 43.2 Å². The molecule has 0 bridgehead atoms. The van der Waals surface area contributed by atoms with Crippen LogP contribution in [0.4, 0.5) is 5.69 Å². The first-order chi connectivity index (χ1) is 11.7. The number of piperidine rings is 1.